The van der Waals surface area contributed by atoms with Gasteiger partial charge in [0.2, 0.25) is 0 Å². The predicted octanol–water partition coefficient (Wildman–Crippen LogP) is 3.57. The van der Waals surface area contributed by atoms with Crippen molar-refractivity contribution in [3.05, 3.63) is 24.3 Å². The zero-order valence-corrected chi connectivity index (χ0v) is 10.1. The second-order valence-electron chi connectivity index (χ2n) is 5.53. The van der Waals surface area contributed by atoms with Crippen LogP contribution >= 0.6 is 0 Å². The molecule has 16 heavy (non-hydrogen) atoms. The zero-order chi connectivity index (χ0) is 11.0. The maximum Gasteiger partial charge on any atom is 0.0795 e. The molecule has 3 aliphatic carbocycles. The van der Waals surface area contributed by atoms with Gasteiger partial charge in [-0.3, -0.25) is 0 Å². The fourth-order valence-electron chi connectivity index (χ4n) is 3.74. The Bertz CT molecular complexity index is 305. The Morgan fingerprint density at radius 3 is 2.81 bits per heavy atom. The lowest BCUT2D eigenvalue weighted by Crippen LogP contribution is -2.27. The molecule has 2 bridgehead atoms. The van der Waals surface area contributed by atoms with Crippen LogP contribution in [-0.4, -0.2) is 12.7 Å². The molecule has 3 aliphatic rings. The molecule has 0 radical (unpaired) electrons. The van der Waals surface area contributed by atoms with Gasteiger partial charge < -0.3 is 4.74 Å². The molecule has 0 N–H and O–H groups in total. The molecule has 5 unspecified atom stereocenters. The van der Waals surface area contributed by atoms with Crippen molar-refractivity contribution >= 4 is 0 Å². The molecule has 3 rings (SSSR count). The van der Waals surface area contributed by atoms with Crippen LogP contribution in [0.3, 0.4) is 0 Å². The zero-order valence-electron chi connectivity index (χ0n) is 10.1. The molecule has 88 valence electrons. The average Bonchev–Trinajstić information content (AvgIpc) is 2.97. The number of allylic oxidation sites excluding steroid dienone is 3. The Morgan fingerprint density at radius 2 is 1.94 bits per heavy atom. The van der Waals surface area contributed by atoms with Crippen molar-refractivity contribution in [3.8, 4) is 0 Å². The molecular formula is C15H22O. The van der Waals surface area contributed by atoms with E-state index >= 15 is 0 Å². The summed E-state index contributed by atoms with van der Waals surface area (Å²) in [5, 5.41) is 0. The first-order chi connectivity index (χ1) is 7.90. The quantitative estimate of drug-likeness (QED) is 0.506. The van der Waals surface area contributed by atoms with Crippen LogP contribution in [0.2, 0.25) is 0 Å². The van der Waals surface area contributed by atoms with E-state index < -0.39 is 0 Å². The molecule has 0 aromatic rings. The molecule has 0 aromatic heterocycles. The lowest BCUT2D eigenvalue weighted by Gasteiger charge is -2.26. The maximum absolute atomic E-state index is 6.05. The highest BCUT2D eigenvalue weighted by atomic mass is 16.5. The number of unbranched alkanes of at least 4 members (excludes halogenated alkanes) is 2. The topological polar surface area (TPSA) is 9.23 Å². The van der Waals surface area contributed by atoms with Gasteiger partial charge in [0.1, 0.15) is 0 Å². The third-order valence-electron chi connectivity index (χ3n) is 4.54. The van der Waals surface area contributed by atoms with Crippen molar-refractivity contribution in [3.63, 3.8) is 0 Å². The van der Waals surface area contributed by atoms with Gasteiger partial charge in [-0.05, 0) is 30.6 Å². The van der Waals surface area contributed by atoms with Gasteiger partial charge in [-0.2, -0.15) is 0 Å². The first-order valence-electron chi connectivity index (χ1n) is 6.88. The van der Waals surface area contributed by atoms with Crippen molar-refractivity contribution < 1.29 is 4.74 Å². The third kappa shape index (κ3) is 1.66. The molecule has 0 aliphatic heterocycles. The Balaban J connectivity index is 1.54. The third-order valence-corrected chi connectivity index (χ3v) is 4.54. The second-order valence-corrected chi connectivity index (χ2v) is 5.53. The van der Waals surface area contributed by atoms with Crippen LogP contribution in [0.15, 0.2) is 24.3 Å². The summed E-state index contributed by atoms with van der Waals surface area (Å²) < 4.78 is 6.05. The summed E-state index contributed by atoms with van der Waals surface area (Å²) >= 11 is 0. The number of hydrogen-bond donors (Lipinski definition) is 0. The molecule has 1 heteroatoms. The second kappa shape index (κ2) is 4.37. The molecule has 0 spiro atoms. The van der Waals surface area contributed by atoms with Crippen molar-refractivity contribution in [2.45, 2.75) is 38.7 Å². The van der Waals surface area contributed by atoms with Crippen molar-refractivity contribution in [1.29, 1.82) is 0 Å². The molecule has 0 amide bonds. The van der Waals surface area contributed by atoms with Crippen LogP contribution in [-0.2, 0) is 4.74 Å². The maximum atomic E-state index is 6.05. The Labute approximate surface area is 98.6 Å². The molecule has 1 fully saturated rings. The van der Waals surface area contributed by atoms with Gasteiger partial charge in [0.25, 0.3) is 0 Å². The normalized spacial score (nSPS) is 43.2. The van der Waals surface area contributed by atoms with Gasteiger partial charge in [-0.15, -0.1) is 0 Å². The summed E-state index contributed by atoms with van der Waals surface area (Å²) in [6.07, 6.45) is 15.2. The van der Waals surface area contributed by atoms with Gasteiger partial charge in [-0.1, -0.05) is 44.1 Å². The minimum absolute atomic E-state index is 0.418. The van der Waals surface area contributed by atoms with E-state index in [1.807, 2.05) is 0 Å². The highest BCUT2D eigenvalue weighted by molar-refractivity contribution is 5.24. The summed E-state index contributed by atoms with van der Waals surface area (Å²) in [5.74, 6) is 3.21. The molecule has 5 atom stereocenters. The first-order valence-corrected chi connectivity index (χ1v) is 6.88. The van der Waals surface area contributed by atoms with E-state index in [1.54, 1.807) is 0 Å². The Kier molecular flexibility index (Phi) is 2.89. The van der Waals surface area contributed by atoms with Gasteiger partial charge in [0.15, 0.2) is 0 Å². The molecular weight excluding hydrogens is 196 g/mol. The number of hydrogen-bond acceptors (Lipinski definition) is 1. The summed E-state index contributed by atoms with van der Waals surface area (Å²) in [6.45, 7) is 3.19. The van der Waals surface area contributed by atoms with E-state index in [4.69, 9.17) is 4.74 Å². The van der Waals surface area contributed by atoms with Crippen LogP contribution in [0.1, 0.15) is 32.6 Å². The number of rotatable bonds is 5. The Morgan fingerprint density at radius 1 is 1.06 bits per heavy atom. The highest BCUT2D eigenvalue weighted by Crippen LogP contribution is 2.53. The smallest absolute Gasteiger partial charge is 0.0795 e. The van der Waals surface area contributed by atoms with Gasteiger partial charge in [0, 0.05) is 12.5 Å². The first kappa shape index (κ1) is 10.6. The molecule has 1 saturated carbocycles. The monoisotopic (exact) mass is 218 g/mol. The van der Waals surface area contributed by atoms with Crippen LogP contribution < -0.4 is 0 Å². The fourth-order valence-corrected chi connectivity index (χ4v) is 3.74. The van der Waals surface area contributed by atoms with E-state index in [-0.39, 0.29) is 0 Å². The van der Waals surface area contributed by atoms with E-state index in [0.29, 0.717) is 6.10 Å². The van der Waals surface area contributed by atoms with Crippen LogP contribution in [0, 0.1) is 23.7 Å². The predicted molar refractivity (Wildman–Crippen MR) is 66.1 cm³/mol. The summed E-state index contributed by atoms with van der Waals surface area (Å²) in [7, 11) is 0. The largest absolute Gasteiger partial charge is 0.374 e. The van der Waals surface area contributed by atoms with Crippen molar-refractivity contribution in [2.75, 3.05) is 6.61 Å². The number of ether oxygens (including phenoxy) is 1. The van der Waals surface area contributed by atoms with Crippen LogP contribution in [0.4, 0.5) is 0 Å². The Hall–Kier alpha value is -0.560. The number of fused-ring (bicyclic) bond motifs is 5. The molecule has 1 nitrogen and oxygen atoms in total. The minimum Gasteiger partial charge on any atom is -0.374 e. The lowest BCUT2D eigenvalue weighted by molar-refractivity contribution is 0.0333. The molecule has 0 aromatic carbocycles. The van der Waals surface area contributed by atoms with Crippen LogP contribution in [0.5, 0.6) is 0 Å². The average molecular weight is 218 g/mol. The fraction of sp³-hybridized carbons (Fsp3) is 0.733. The van der Waals surface area contributed by atoms with E-state index in [9.17, 15) is 0 Å². The molecule has 0 saturated heterocycles. The van der Waals surface area contributed by atoms with Gasteiger partial charge in [-0.25, -0.2) is 0 Å². The minimum atomic E-state index is 0.418. The van der Waals surface area contributed by atoms with Crippen molar-refractivity contribution in [2.24, 2.45) is 23.7 Å². The standard InChI is InChI=1S/C15H22O/c1-2-3-4-9-16-14-8-7-13-11-5-6-12(10-11)15(13)14/h5-8,11-15H,2-4,9-10H2,1H3. The van der Waals surface area contributed by atoms with Crippen LogP contribution in [0.25, 0.3) is 0 Å². The van der Waals surface area contributed by atoms with E-state index in [0.717, 1.165) is 30.3 Å². The van der Waals surface area contributed by atoms with Crippen molar-refractivity contribution in [1.82, 2.24) is 0 Å². The van der Waals surface area contributed by atoms with Gasteiger partial charge >= 0.3 is 0 Å². The van der Waals surface area contributed by atoms with E-state index in [1.165, 1.54) is 25.7 Å². The van der Waals surface area contributed by atoms with Gasteiger partial charge in [0.05, 0.1) is 6.10 Å². The summed E-state index contributed by atoms with van der Waals surface area (Å²) in [4.78, 5) is 0. The summed E-state index contributed by atoms with van der Waals surface area (Å²) in [5.41, 5.74) is 0. The summed E-state index contributed by atoms with van der Waals surface area (Å²) in [6, 6.07) is 0. The van der Waals surface area contributed by atoms with E-state index in [2.05, 4.69) is 31.2 Å². The highest BCUT2D eigenvalue weighted by Gasteiger charge is 2.49. The SMILES string of the molecule is CCCCCOC1C=CC2C3C=CC(C3)C12. The molecule has 0 heterocycles. The lowest BCUT2D eigenvalue weighted by atomic mass is 9.84.